The highest BCUT2D eigenvalue weighted by molar-refractivity contribution is 7.12. The van der Waals surface area contributed by atoms with Gasteiger partial charge in [0.25, 0.3) is 0 Å². The molecule has 0 atom stereocenters. The third kappa shape index (κ3) is 3.93. The third-order valence-corrected chi connectivity index (χ3v) is 12.8. The van der Waals surface area contributed by atoms with Crippen LogP contribution in [-0.2, 0) is 0 Å². The lowest BCUT2D eigenvalue weighted by molar-refractivity contribution is 1.14. The largest absolute Gasteiger partial charge is 0.306 e. The van der Waals surface area contributed by atoms with Crippen LogP contribution in [0.4, 0.5) is 0 Å². The van der Waals surface area contributed by atoms with E-state index in [9.17, 15) is 0 Å². The molecule has 1 aliphatic rings. The average molecular weight is 706 g/mol. The van der Waals surface area contributed by atoms with Gasteiger partial charge in [-0.3, -0.25) is 0 Å². The Labute approximate surface area is 324 Å². The number of hydrogen-bond donors (Lipinski definition) is 0. The van der Waals surface area contributed by atoms with E-state index in [-0.39, 0.29) is 13.4 Å². The van der Waals surface area contributed by atoms with E-state index in [1.54, 1.807) is 0 Å². The Kier molecular flexibility index (Phi) is 6.09. The van der Waals surface area contributed by atoms with Gasteiger partial charge >= 0.3 is 0 Å². The Morgan fingerprint density at radius 2 is 0.893 bits per heavy atom. The second kappa shape index (κ2) is 11.3. The highest BCUT2D eigenvalue weighted by Gasteiger charge is 2.40. The minimum absolute atomic E-state index is 0.106. The Balaban J connectivity index is 1.23. The predicted octanol–water partition coefficient (Wildman–Crippen LogP) is 8.43. The fraction of sp³-hybridized carbons (Fsp3) is 0. The highest BCUT2D eigenvalue weighted by atomic mass is 15.0. The van der Waals surface area contributed by atoms with Gasteiger partial charge < -0.3 is 8.97 Å². The van der Waals surface area contributed by atoms with Crippen molar-refractivity contribution >= 4 is 117 Å². The number of para-hydroxylation sites is 3. The maximum absolute atomic E-state index is 2.56. The maximum Gasteiger partial charge on any atom is 0.240 e. The lowest BCUT2D eigenvalue weighted by atomic mass is 9.20. The molecule has 3 heterocycles. The van der Waals surface area contributed by atoms with E-state index < -0.39 is 0 Å². The molecule has 0 saturated carbocycles. The van der Waals surface area contributed by atoms with Crippen LogP contribution >= 0.6 is 0 Å². The lowest BCUT2D eigenvalue weighted by Gasteiger charge is -2.34. The Morgan fingerprint density at radius 1 is 0.339 bits per heavy atom. The second-order valence-electron chi connectivity index (χ2n) is 15.6. The van der Waals surface area contributed by atoms with Crippen molar-refractivity contribution < 1.29 is 0 Å². The monoisotopic (exact) mass is 706 g/mol. The standard InChI is InChI=1S/C52H32B2N2/c1-4-15-35(16-5-1)53-42-23-11-12-24-43(42)54(36-17-6-2-7-18-36)50-40-29-27-34-32-47-52(41-30-28-33(31-44(50)53)48(40)49(34)41)56-45-25-13-10-21-38(45)39-22-14-26-46(51(39)56)55(47)37-19-8-3-9-20-37/h1-32H. The molecule has 10 aromatic carbocycles. The van der Waals surface area contributed by atoms with Gasteiger partial charge in [0, 0.05) is 21.8 Å². The molecule has 0 saturated heterocycles. The molecule has 12 aromatic rings. The molecule has 13 rings (SSSR count). The molecule has 0 N–H and O–H groups in total. The quantitative estimate of drug-likeness (QED) is 0.0992. The van der Waals surface area contributed by atoms with Gasteiger partial charge in [-0.1, -0.05) is 197 Å². The summed E-state index contributed by atoms with van der Waals surface area (Å²) >= 11 is 0. The molecule has 56 heavy (non-hydrogen) atoms. The smallest absolute Gasteiger partial charge is 0.240 e. The van der Waals surface area contributed by atoms with Gasteiger partial charge in [0.05, 0.1) is 27.6 Å². The summed E-state index contributed by atoms with van der Waals surface area (Å²) in [6.45, 7) is 0.238. The average Bonchev–Trinajstić information content (AvgIpc) is 3.60. The van der Waals surface area contributed by atoms with Gasteiger partial charge in [0.1, 0.15) is 0 Å². The fourth-order valence-electron chi connectivity index (χ4n) is 10.7. The molecule has 256 valence electrons. The van der Waals surface area contributed by atoms with Gasteiger partial charge in [-0.15, -0.1) is 0 Å². The maximum atomic E-state index is 2.56. The molecule has 0 spiro atoms. The van der Waals surface area contributed by atoms with Crippen LogP contribution in [0.3, 0.4) is 0 Å². The molecule has 2 nitrogen and oxygen atoms in total. The van der Waals surface area contributed by atoms with Crippen molar-refractivity contribution in [3.63, 3.8) is 0 Å². The molecule has 0 radical (unpaired) electrons. The summed E-state index contributed by atoms with van der Waals surface area (Å²) in [6, 6.07) is 72.7. The van der Waals surface area contributed by atoms with Crippen molar-refractivity contribution in [3.05, 3.63) is 194 Å². The minimum Gasteiger partial charge on any atom is -0.306 e. The lowest BCUT2D eigenvalue weighted by Crippen LogP contribution is -2.75. The summed E-state index contributed by atoms with van der Waals surface area (Å²) in [5.41, 5.74) is 15.6. The SMILES string of the molecule is c1ccc(B2c3ccccc3B(c3ccccc3)c3c2cc2ccc4c5c(ccc3c25)cc2c4n3c4ccccc4c4cccc(c43)n2-c2ccccc2)cc1. The first-order valence-electron chi connectivity index (χ1n) is 19.7. The van der Waals surface area contributed by atoms with E-state index in [1.807, 2.05) is 0 Å². The second-order valence-corrected chi connectivity index (χ2v) is 15.6. The van der Waals surface area contributed by atoms with Gasteiger partial charge in [-0.2, -0.15) is 0 Å². The first-order chi connectivity index (χ1) is 27.8. The number of fused-ring (bicyclic) bond motifs is 9. The van der Waals surface area contributed by atoms with Crippen molar-refractivity contribution in [1.29, 1.82) is 0 Å². The van der Waals surface area contributed by atoms with Crippen LogP contribution in [0, 0.1) is 0 Å². The molecule has 0 amide bonds. The summed E-state index contributed by atoms with van der Waals surface area (Å²) in [5.74, 6) is 0. The molecule has 2 aromatic heterocycles. The molecule has 4 heteroatoms. The molecule has 1 aliphatic heterocycles. The summed E-state index contributed by atoms with van der Waals surface area (Å²) < 4.78 is 5.05. The topological polar surface area (TPSA) is 9.34 Å². The van der Waals surface area contributed by atoms with Crippen molar-refractivity contribution in [2.24, 2.45) is 0 Å². The Bertz CT molecular complexity index is 3530. The molecule has 0 aliphatic carbocycles. The minimum atomic E-state index is 0.106. The van der Waals surface area contributed by atoms with Crippen LogP contribution < -0.4 is 32.8 Å². The van der Waals surface area contributed by atoms with E-state index in [1.165, 1.54) is 103 Å². The third-order valence-electron chi connectivity index (χ3n) is 12.8. The van der Waals surface area contributed by atoms with Gasteiger partial charge in [-0.05, 0) is 57.3 Å². The van der Waals surface area contributed by atoms with Crippen LogP contribution in [-0.4, -0.2) is 22.4 Å². The summed E-state index contributed by atoms with van der Waals surface area (Å²) in [6.07, 6.45) is 0. The van der Waals surface area contributed by atoms with E-state index in [2.05, 4.69) is 203 Å². The van der Waals surface area contributed by atoms with E-state index in [0.29, 0.717) is 0 Å². The summed E-state index contributed by atoms with van der Waals surface area (Å²) in [5, 5.41) is 10.4. The fourth-order valence-corrected chi connectivity index (χ4v) is 10.7. The predicted molar refractivity (Wildman–Crippen MR) is 242 cm³/mol. The van der Waals surface area contributed by atoms with Crippen LogP contribution in [0.15, 0.2) is 194 Å². The number of benzene rings is 10. The van der Waals surface area contributed by atoms with E-state index in [0.717, 1.165) is 5.69 Å². The summed E-state index contributed by atoms with van der Waals surface area (Å²) in [7, 11) is 0. The first-order valence-corrected chi connectivity index (χ1v) is 19.7. The number of hydrogen-bond acceptors (Lipinski definition) is 0. The first kappa shape index (κ1) is 30.3. The van der Waals surface area contributed by atoms with Crippen molar-refractivity contribution in [2.45, 2.75) is 0 Å². The molecular weight excluding hydrogens is 674 g/mol. The zero-order valence-corrected chi connectivity index (χ0v) is 30.5. The number of aromatic nitrogens is 2. The zero-order chi connectivity index (χ0) is 36.5. The molecular formula is C52H32B2N2. The molecule has 0 bridgehead atoms. The van der Waals surface area contributed by atoms with E-state index in [4.69, 9.17) is 0 Å². The Morgan fingerprint density at radius 3 is 1.66 bits per heavy atom. The molecule has 0 unspecified atom stereocenters. The Hall–Kier alpha value is -7.03. The van der Waals surface area contributed by atoms with Crippen LogP contribution in [0.5, 0.6) is 0 Å². The van der Waals surface area contributed by atoms with Gasteiger partial charge in [0.2, 0.25) is 13.4 Å². The van der Waals surface area contributed by atoms with Crippen LogP contribution in [0.2, 0.25) is 0 Å². The van der Waals surface area contributed by atoms with Gasteiger partial charge in [-0.25, -0.2) is 0 Å². The van der Waals surface area contributed by atoms with Crippen LogP contribution in [0.25, 0.3) is 76.4 Å². The highest BCUT2D eigenvalue weighted by Crippen LogP contribution is 2.43. The normalized spacial score (nSPS) is 12.9. The number of rotatable bonds is 3. The number of nitrogens with zero attached hydrogens (tertiary/aromatic N) is 2. The van der Waals surface area contributed by atoms with E-state index >= 15 is 0 Å². The van der Waals surface area contributed by atoms with Crippen molar-refractivity contribution in [3.8, 4) is 5.69 Å². The van der Waals surface area contributed by atoms with Crippen LogP contribution in [0.1, 0.15) is 0 Å². The summed E-state index contributed by atoms with van der Waals surface area (Å²) in [4.78, 5) is 0. The zero-order valence-electron chi connectivity index (χ0n) is 30.5. The van der Waals surface area contributed by atoms with Gasteiger partial charge in [0.15, 0.2) is 0 Å². The van der Waals surface area contributed by atoms with Crippen molar-refractivity contribution in [2.75, 3.05) is 0 Å². The molecule has 0 fully saturated rings. The van der Waals surface area contributed by atoms with Crippen molar-refractivity contribution in [1.82, 2.24) is 8.97 Å².